The third-order valence-electron chi connectivity index (χ3n) is 3.16. The Labute approximate surface area is 103 Å². The van der Waals surface area contributed by atoms with Gasteiger partial charge in [0, 0.05) is 12.0 Å². The highest BCUT2D eigenvalue weighted by atomic mass is 16.5. The zero-order valence-electron chi connectivity index (χ0n) is 10.7. The zero-order chi connectivity index (χ0) is 12.3. The van der Waals surface area contributed by atoms with Crippen molar-refractivity contribution in [1.29, 1.82) is 0 Å². The number of ether oxygens (including phenoxy) is 2. The number of hydrogen-bond acceptors (Lipinski definition) is 3. The van der Waals surface area contributed by atoms with Crippen LogP contribution in [-0.2, 0) is 12.8 Å². The highest BCUT2D eigenvalue weighted by Gasteiger charge is 2.23. The van der Waals surface area contributed by atoms with Crippen LogP contribution in [0.5, 0.6) is 11.5 Å². The molecule has 1 aromatic carbocycles. The molecule has 1 atom stereocenters. The van der Waals surface area contributed by atoms with E-state index in [1.807, 2.05) is 0 Å². The van der Waals surface area contributed by atoms with Crippen LogP contribution < -0.4 is 15.2 Å². The Morgan fingerprint density at radius 1 is 1.41 bits per heavy atom. The van der Waals surface area contributed by atoms with Gasteiger partial charge < -0.3 is 15.2 Å². The molecule has 1 unspecified atom stereocenters. The molecule has 3 nitrogen and oxygen atoms in total. The van der Waals surface area contributed by atoms with Gasteiger partial charge in [-0.05, 0) is 44.4 Å². The quantitative estimate of drug-likeness (QED) is 0.796. The van der Waals surface area contributed by atoms with Gasteiger partial charge in [0.05, 0.1) is 7.11 Å². The average Bonchev–Trinajstić information content (AvgIpc) is 2.68. The van der Waals surface area contributed by atoms with Crippen LogP contribution in [0, 0.1) is 0 Å². The summed E-state index contributed by atoms with van der Waals surface area (Å²) in [6, 6.07) is 4.34. The van der Waals surface area contributed by atoms with Gasteiger partial charge in [0.25, 0.3) is 0 Å². The van der Waals surface area contributed by atoms with Gasteiger partial charge in [-0.3, -0.25) is 0 Å². The molecule has 1 aromatic rings. The highest BCUT2D eigenvalue weighted by Crippen LogP contribution is 2.39. The molecule has 1 aliphatic heterocycles. The predicted molar refractivity (Wildman–Crippen MR) is 68.8 cm³/mol. The Balaban J connectivity index is 2.17. The molecular weight excluding hydrogens is 214 g/mol. The lowest BCUT2D eigenvalue weighted by Gasteiger charge is -2.10. The maximum absolute atomic E-state index is 5.76. The summed E-state index contributed by atoms with van der Waals surface area (Å²) >= 11 is 0. The number of aryl methyl sites for hydroxylation is 1. The predicted octanol–water partition coefficient (Wildman–Crippen LogP) is 2.30. The van der Waals surface area contributed by atoms with E-state index >= 15 is 0 Å². The lowest BCUT2D eigenvalue weighted by atomic mass is 10.0. The lowest BCUT2D eigenvalue weighted by Crippen LogP contribution is -2.05. The van der Waals surface area contributed by atoms with Crippen LogP contribution in [0.4, 0.5) is 0 Å². The van der Waals surface area contributed by atoms with Crippen molar-refractivity contribution in [3.8, 4) is 11.5 Å². The first-order valence-electron chi connectivity index (χ1n) is 6.31. The van der Waals surface area contributed by atoms with Crippen molar-refractivity contribution in [2.75, 3.05) is 13.7 Å². The summed E-state index contributed by atoms with van der Waals surface area (Å²) in [5, 5.41) is 0. The molecule has 0 aliphatic carbocycles. The number of rotatable bonds is 5. The number of methoxy groups -OCH3 is 1. The van der Waals surface area contributed by atoms with Crippen LogP contribution in [0.2, 0.25) is 0 Å². The minimum Gasteiger partial charge on any atom is -0.493 e. The summed E-state index contributed by atoms with van der Waals surface area (Å²) in [6.07, 6.45) is 4.52. The molecular formula is C14H21NO2. The Morgan fingerprint density at radius 2 is 2.24 bits per heavy atom. The molecule has 0 aromatic heterocycles. The van der Waals surface area contributed by atoms with Crippen molar-refractivity contribution in [3.05, 3.63) is 23.3 Å². The minimum atomic E-state index is 0.262. The van der Waals surface area contributed by atoms with Crippen LogP contribution >= 0.6 is 0 Å². The van der Waals surface area contributed by atoms with Crippen LogP contribution in [0.3, 0.4) is 0 Å². The van der Waals surface area contributed by atoms with E-state index in [0.717, 1.165) is 43.7 Å². The molecule has 0 spiro atoms. The largest absolute Gasteiger partial charge is 0.493 e. The maximum Gasteiger partial charge on any atom is 0.164 e. The Kier molecular flexibility index (Phi) is 3.89. The summed E-state index contributed by atoms with van der Waals surface area (Å²) in [5.41, 5.74) is 8.12. The van der Waals surface area contributed by atoms with E-state index in [1.54, 1.807) is 7.11 Å². The Hall–Kier alpha value is -1.22. The molecule has 0 amide bonds. The van der Waals surface area contributed by atoms with Gasteiger partial charge in [-0.2, -0.15) is 0 Å². The first-order valence-corrected chi connectivity index (χ1v) is 6.31. The van der Waals surface area contributed by atoms with Crippen molar-refractivity contribution in [3.63, 3.8) is 0 Å². The van der Waals surface area contributed by atoms with Crippen molar-refractivity contribution in [2.24, 2.45) is 5.73 Å². The van der Waals surface area contributed by atoms with Gasteiger partial charge >= 0.3 is 0 Å². The van der Waals surface area contributed by atoms with E-state index in [-0.39, 0.29) is 6.10 Å². The van der Waals surface area contributed by atoms with Crippen molar-refractivity contribution in [1.82, 2.24) is 0 Å². The Bertz CT molecular complexity index is 390. The second-order valence-electron chi connectivity index (χ2n) is 4.66. The molecule has 1 heterocycles. The van der Waals surface area contributed by atoms with Crippen LogP contribution in [-0.4, -0.2) is 19.8 Å². The van der Waals surface area contributed by atoms with Crippen LogP contribution in [0.15, 0.2) is 12.1 Å². The molecule has 94 valence electrons. The molecule has 0 saturated heterocycles. The number of fused-ring (bicyclic) bond motifs is 1. The first kappa shape index (κ1) is 12.2. The van der Waals surface area contributed by atoms with E-state index in [0.29, 0.717) is 0 Å². The fourth-order valence-corrected chi connectivity index (χ4v) is 2.33. The molecule has 0 radical (unpaired) electrons. The highest BCUT2D eigenvalue weighted by molar-refractivity contribution is 5.52. The van der Waals surface area contributed by atoms with Gasteiger partial charge in [-0.25, -0.2) is 0 Å². The van der Waals surface area contributed by atoms with E-state index in [4.69, 9.17) is 15.2 Å². The number of unbranched alkanes of at least 4 members (excludes halogenated alkanes) is 1. The number of benzene rings is 1. The molecule has 1 aliphatic rings. The minimum absolute atomic E-state index is 0.262. The molecule has 0 bridgehead atoms. The topological polar surface area (TPSA) is 44.5 Å². The average molecular weight is 235 g/mol. The van der Waals surface area contributed by atoms with Gasteiger partial charge in [0.15, 0.2) is 11.5 Å². The zero-order valence-corrected chi connectivity index (χ0v) is 10.7. The molecule has 0 saturated carbocycles. The summed E-state index contributed by atoms with van der Waals surface area (Å²) in [6.45, 7) is 2.86. The van der Waals surface area contributed by atoms with Gasteiger partial charge in [0.1, 0.15) is 6.10 Å². The van der Waals surface area contributed by atoms with Gasteiger partial charge in [-0.15, -0.1) is 0 Å². The van der Waals surface area contributed by atoms with E-state index < -0.39 is 0 Å². The normalized spacial score (nSPS) is 17.7. The second kappa shape index (κ2) is 5.41. The SMILES string of the molecule is COc1cc(CCCCN)cc2c1OC(C)C2. The molecule has 3 heteroatoms. The molecule has 0 fully saturated rings. The van der Waals surface area contributed by atoms with Crippen LogP contribution in [0.1, 0.15) is 30.9 Å². The number of nitrogens with two attached hydrogens (primary N) is 1. The maximum atomic E-state index is 5.76. The smallest absolute Gasteiger partial charge is 0.164 e. The van der Waals surface area contributed by atoms with Crippen molar-refractivity contribution >= 4 is 0 Å². The molecule has 2 rings (SSSR count). The van der Waals surface area contributed by atoms with Crippen LogP contribution in [0.25, 0.3) is 0 Å². The fourth-order valence-electron chi connectivity index (χ4n) is 2.33. The number of hydrogen-bond donors (Lipinski definition) is 1. The summed E-state index contributed by atoms with van der Waals surface area (Å²) in [4.78, 5) is 0. The summed E-state index contributed by atoms with van der Waals surface area (Å²) < 4.78 is 11.2. The third kappa shape index (κ3) is 2.72. The fraction of sp³-hybridized carbons (Fsp3) is 0.571. The Morgan fingerprint density at radius 3 is 2.94 bits per heavy atom. The standard InChI is InChI=1S/C14H21NO2/c1-10-7-12-8-11(5-3-4-6-15)9-13(16-2)14(12)17-10/h8-10H,3-7,15H2,1-2H3. The third-order valence-corrected chi connectivity index (χ3v) is 3.16. The van der Waals surface area contributed by atoms with E-state index in [2.05, 4.69) is 19.1 Å². The van der Waals surface area contributed by atoms with Gasteiger partial charge in [-0.1, -0.05) is 6.07 Å². The van der Waals surface area contributed by atoms with Gasteiger partial charge in [0.2, 0.25) is 0 Å². The van der Waals surface area contributed by atoms with E-state index in [1.165, 1.54) is 11.1 Å². The van der Waals surface area contributed by atoms with Crippen molar-refractivity contribution < 1.29 is 9.47 Å². The summed E-state index contributed by atoms with van der Waals surface area (Å²) in [5.74, 6) is 1.80. The van der Waals surface area contributed by atoms with E-state index in [9.17, 15) is 0 Å². The molecule has 17 heavy (non-hydrogen) atoms. The van der Waals surface area contributed by atoms with Crippen molar-refractivity contribution in [2.45, 2.75) is 38.7 Å². The first-order chi connectivity index (χ1) is 8.24. The summed E-state index contributed by atoms with van der Waals surface area (Å²) in [7, 11) is 1.70. The lowest BCUT2D eigenvalue weighted by molar-refractivity contribution is 0.243. The molecule has 2 N–H and O–H groups in total. The second-order valence-corrected chi connectivity index (χ2v) is 4.66. The monoisotopic (exact) mass is 235 g/mol.